The molecule has 0 fully saturated rings. The number of hydrogen-bond donors (Lipinski definition) is 1. The van der Waals surface area contributed by atoms with Crippen molar-refractivity contribution < 1.29 is 26.7 Å². The Kier molecular flexibility index (Phi) is 6.01. The molecular weight excluding hydrogens is 427 g/mol. The van der Waals surface area contributed by atoms with Crippen molar-refractivity contribution in [2.24, 2.45) is 0 Å². The van der Waals surface area contributed by atoms with Gasteiger partial charge in [-0.3, -0.25) is 18.6 Å². The lowest BCUT2D eigenvalue weighted by Crippen LogP contribution is -2.24. The number of aromatic nitrogens is 1. The fraction of sp³-hybridized carbons (Fsp3) is 0.111. The van der Waals surface area contributed by atoms with E-state index in [4.69, 9.17) is 0 Å². The van der Waals surface area contributed by atoms with Crippen LogP contribution in [0.5, 0.6) is 0 Å². The zero-order valence-electron chi connectivity index (χ0n) is 14.8. The van der Waals surface area contributed by atoms with E-state index in [1.54, 1.807) is 12.3 Å². The zero-order chi connectivity index (χ0) is 21.2. The smallest absolute Gasteiger partial charge is 0.416 e. The number of rotatable bonds is 5. The van der Waals surface area contributed by atoms with Crippen molar-refractivity contribution in [3.05, 3.63) is 70.7 Å². The summed E-state index contributed by atoms with van der Waals surface area (Å²) in [4.78, 5) is 16.8. The van der Waals surface area contributed by atoms with Crippen molar-refractivity contribution in [1.29, 1.82) is 0 Å². The van der Waals surface area contributed by atoms with Gasteiger partial charge in [0, 0.05) is 5.38 Å². The van der Waals surface area contributed by atoms with Gasteiger partial charge in [-0.15, -0.1) is 11.3 Å². The number of benzene rings is 2. The van der Waals surface area contributed by atoms with E-state index in [0.717, 1.165) is 12.1 Å². The van der Waals surface area contributed by atoms with Crippen molar-refractivity contribution in [3.8, 4) is 0 Å². The fourth-order valence-electron chi connectivity index (χ4n) is 2.53. The van der Waals surface area contributed by atoms with Crippen molar-refractivity contribution in [1.82, 2.24) is 4.98 Å². The van der Waals surface area contributed by atoms with E-state index < -0.39 is 28.9 Å². The number of nitrogens with one attached hydrogen (secondary N) is 1. The van der Waals surface area contributed by atoms with Crippen LogP contribution in [-0.2, 0) is 17.4 Å². The van der Waals surface area contributed by atoms with E-state index in [1.807, 2.05) is 0 Å². The Morgan fingerprint density at radius 1 is 1.21 bits per heavy atom. The normalized spacial score (nSPS) is 12.4. The maximum Gasteiger partial charge on any atom is 0.416 e. The third-order valence-corrected chi connectivity index (χ3v) is 5.35. The Bertz CT molecular complexity index is 1070. The summed E-state index contributed by atoms with van der Waals surface area (Å²) in [5, 5.41) is 4.60. The molecule has 0 spiro atoms. The number of para-hydroxylation sites is 1. The number of anilines is 3. The minimum Gasteiger partial charge on any atom is -0.755 e. The van der Waals surface area contributed by atoms with E-state index in [2.05, 4.69) is 10.3 Å². The summed E-state index contributed by atoms with van der Waals surface area (Å²) in [5.41, 5.74) is -0.693. The largest absolute Gasteiger partial charge is 0.755 e. The monoisotopic (exact) mass is 440 g/mol. The average molecular weight is 440 g/mol. The number of alkyl halides is 3. The maximum absolute atomic E-state index is 13.0. The molecule has 0 aliphatic heterocycles. The standard InChI is InChI=1S/C18H14F3N3O3S2/c1-11-10-28-17(22-11)23-16(25)14-7-2-3-8-15(14)24(29(26)27)13-6-4-5-12(9-13)18(19,20)21/h2-10H,1H3,(H,26,27)(H,22,23,25)/p-1. The first kappa shape index (κ1) is 21.0. The first-order valence-electron chi connectivity index (χ1n) is 8.06. The first-order valence-corrected chi connectivity index (χ1v) is 9.97. The molecule has 1 unspecified atom stereocenters. The molecule has 6 nitrogen and oxygen atoms in total. The van der Waals surface area contributed by atoms with Gasteiger partial charge in [-0.25, -0.2) is 4.98 Å². The lowest BCUT2D eigenvalue weighted by molar-refractivity contribution is -0.137. The van der Waals surface area contributed by atoms with Crippen LogP contribution in [0.4, 0.5) is 29.7 Å². The number of thiazole rings is 1. The lowest BCUT2D eigenvalue weighted by Gasteiger charge is -2.28. The van der Waals surface area contributed by atoms with Gasteiger partial charge in [0.1, 0.15) is 0 Å². The van der Waals surface area contributed by atoms with E-state index in [9.17, 15) is 26.7 Å². The zero-order valence-corrected chi connectivity index (χ0v) is 16.4. The molecule has 29 heavy (non-hydrogen) atoms. The topological polar surface area (TPSA) is 85.4 Å². The highest BCUT2D eigenvalue weighted by molar-refractivity contribution is 7.81. The number of aryl methyl sites for hydroxylation is 1. The molecule has 1 amide bonds. The molecule has 0 aliphatic carbocycles. The molecule has 3 rings (SSSR count). The van der Waals surface area contributed by atoms with Crippen molar-refractivity contribution >= 4 is 45.0 Å². The Labute approximate surface area is 170 Å². The quantitative estimate of drug-likeness (QED) is 0.585. The summed E-state index contributed by atoms with van der Waals surface area (Å²) < 4.78 is 63.6. The van der Waals surface area contributed by atoms with Crippen LogP contribution in [0.3, 0.4) is 0 Å². The van der Waals surface area contributed by atoms with E-state index in [-0.39, 0.29) is 16.9 Å². The van der Waals surface area contributed by atoms with E-state index in [0.29, 0.717) is 21.2 Å². The predicted octanol–water partition coefficient (Wildman–Crippen LogP) is 4.65. The van der Waals surface area contributed by atoms with Gasteiger partial charge in [-0.05, 0) is 37.3 Å². The molecule has 1 aromatic heterocycles. The summed E-state index contributed by atoms with van der Waals surface area (Å²) >= 11 is -1.80. The van der Waals surface area contributed by atoms with Crippen LogP contribution in [0.2, 0.25) is 0 Å². The second-order valence-electron chi connectivity index (χ2n) is 5.82. The highest BCUT2D eigenvalue weighted by atomic mass is 32.2. The molecule has 1 N–H and O–H groups in total. The van der Waals surface area contributed by atoms with Gasteiger partial charge in [0.25, 0.3) is 5.91 Å². The van der Waals surface area contributed by atoms with Crippen LogP contribution in [0.1, 0.15) is 21.6 Å². The van der Waals surface area contributed by atoms with Crippen LogP contribution in [0.25, 0.3) is 0 Å². The number of halogens is 3. The Balaban J connectivity index is 2.03. The molecular formula is C18H13F3N3O3S2-. The molecule has 0 bridgehead atoms. The molecule has 11 heteroatoms. The van der Waals surface area contributed by atoms with Gasteiger partial charge in [-0.1, -0.05) is 18.2 Å². The lowest BCUT2D eigenvalue weighted by atomic mass is 10.1. The number of carbonyl (C=O) groups is 1. The van der Waals surface area contributed by atoms with Crippen LogP contribution < -0.4 is 9.62 Å². The Morgan fingerprint density at radius 2 is 1.93 bits per heavy atom. The third kappa shape index (κ3) is 4.81. The van der Waals surface area contributed by atoms with E-state index >= 15 is 0 Å². The predicted molar refractivity (Wildman–Crippen MR) is 104 cm³/mol. The van der Waals surface area contributed by atoms with Gasteiger partial charge in [0.15, 0.2) is 5.13 Å². The number of hydrogen-bond acceptors (Lipinski definition) is 5. The van der Waals surface area contributed by atoms with Gasteiger partial charge >= 0.3 is 6.18 Å². The van der Waals surface area contributed by atoms with Crippen LogP contribution in [0.15, 0.2) is 53.9 Å². The molecule has 0 aliphatic rings. The summed E-state index contributed by atoms with van der Waals surface area (Å²) in [7, 11) is 0. The number of carbonyl (C=O) groups excluding carboxylic acids is 1. The minimum atomic E-state index is -4.65. The third-order valence-electron chi connectivity index (χ3n) is 3.76. The van der Waals surface area contributed by atoms with Crippen molar-refractivity contribution in [3.63, 3.8) is 0 Å². The van der Waals surface area contributed by atoms with Crippen molar-refractivity contribution in [2.75, 3.05) is 9.62 Å². The number of amides is 1. The molecule has 3 aromatic rings. The maximum atomic E-state index is 13.0. The van der Waals surface area contributed by atoms with Gasteiger partial charge in [0.05, 0.1) is 39.5 Å². The Morgan fingerprint density at radius 3 is 2.55 bits per heavy atom. The molecule has 0 radical (unpaired) electrons. The van der Waals surface area contributed by atoms with Crippen LogP contribution >= 0.6 is 11.3 Å². The first-order chi connectivity index (χ1) is 13.7. The highest BCUT2D eigenvalue weighted by Crippen LogP contribution is 2.35. The molecule has 152 valence electrons. The van der Waals surface area contributed by atoms with Crippen molar-refractivity contribution in [2.45, 2.75) is 13.1 Å². The van der Waals surface area contributed by atoms with Gasteiger partial charge in [-0.2, -0.15) is 13.2 Å². The van der Waals surface area contributed by atoms with Gasteiger partial charge < -0.3 is 4.55 Å². The summed E-state index contributed by atoms with van der Waals surface area (Å²) in [6.45, 7) is 1.75. The number of nitrogens with zero attached hydrogens (tertiary/aromatic N) is 2. The summed E-state index contributed by atoms with van der Waals surface area (Å²) in [5.74, 6) is -0.641. The molecule has 1 atom stereocenters. The second-order valence-corrected chi connectivity index (χ2v) is 7.48. The van der Waals surface area contributed by atoms with Crippen LogP contribution in [-0.4, -0.2) is 19.7 Å². The Hall–Kier alpha value is -2.76. The SMILES string of the molecule is Cc1csc(NC(=O)c2ccccc2N(c2cccc(C(F)(F)F)c2)S(=O)[O-])n1. The molecule has 0 saturated heterocycles. The van der Waals surface area contributed by atoms with Gasteiger partial charge in [0.2, 0.25) is 0 Å². The molecule has 2 aromatic carbocycles. The molecule has 0 saturated carbocycles. The average Bonchev–Trinajstić information content (AvgIpc) is 3.06. The summed E-state index contributed by atoms with van der Waals surface area (Å²) in [6.07, 6.45) is -4.65. The highest BCUT2D eigenvalue weighted by Gasteiger charge is 2.31. The summed E-state index contributed by atoms with van der Waals surface area (Å²) in [6, 6.07) is 9.55. The second kappa shape index (κ2) is 8.31. The minimum absolute atomic E-state index is 0.0398. The fourth-order valence-corrected chi connectivity index (χ4v) is 3.82. The van der Waals surface area contributed by atoms with Crippen LogP contribution in [0, 0.1) is 6.92 Å². The molecule has 1 heterocycles. The van der Waals surface area contributed by atoms with E-state index in [1.165, 1.54) is 41.7 Å².